The highest BCUT2D eigenvalue weighted by molar-refractivity contribution is 5.89. The molecule has 0 atom stereocenters. The van der Waals surface area contributed by atoms with E-state index in [1.807, 2.05) is 24.3 Å². The molecule has 0 aliphatic heterocycles. The first-order chi connectivity index (χ1) is 10.1. The highest BCUT2D eigenvalue weighted by Crippen LogP contribution is 2.32. The molecule has 2 aromatic carbocycles. The summed E-state index contributed by atoms with van der Waals surface area (Å²) in [5.41, 5.74) is 7.14. The topological polar surface area (TPSA) is 85.4 Å². The van der Waals surface area contributed by atoms with Gasteiger partial charge in [-0.3, -0.25) is 4.98 Å². The summed E-state index contributed by atoms with van der Waals surface area (Å²) in [5, 5.41) is 9.87. The smallest absolute Gasteiger partial charge is 0.335 e. The van der Waals surface area contributed by atoms with E-state index >= 15 is 0 Å². The number of carboxylic acid groups (broad SMARTS) is 1. The van der Waals surface area contributed by atoms with Gasteiger partial charge >= 0.3 is 5.97 Å². The zero-order valence-electron chi connectivity index (χ0n) is 11.0. The normalized spacial score (nSPS) is 10.5. The Kier molecular flexibility index (Phi) is 3.16. The summed E-state index contributed by atoms with van der Waals surface area (Å²) >= 11 is 0. The highest BCUT2D eigenvalue weighted by Gasteiger charge is 2.10. The minimum atomic E-state index is -1.03. The van der Waals surface area contributed by atoms with Crippen LogP contribution in [0.2, 0.25) is 0 Å². The van der Waals surface area contributed by atoms with Crippen LogP contribution in [0.3, 0.4) is 0 Å². The van der Waals surface area contributed by atoms with Crippen molar-refractivity contribution in [3.8, 4) is 11.5 Å². The summed E-state index contributed by atoms with van der Waals surface area (Å²) in [6.07, 6.45) is 1.70. The Morgan fingerprint density at radius 3 is 2.76 bits per heavy atom. The van der Waals surface area contributed by atoms with Crippen LogP contribution in [0.1, 0.15) is 10.4 Å². The molecular formula is C16H12N2O3. The van der Waals surface area contributed by atoms with Gasteiger partial charge in [-0.25, -0.2) is 4.79 Å². The minimum Gasteiger partial charge on any atom is -0.478 e. The number of nitrogens with zero attached hydrogens (tertiary/aromatic N) is 1. The van der Waals surface area contributed by atoms with E-state index in [1.165, 1.54) is 18.2 Å². The molecule has 0 aliphatic carbocycles. The Hall–Kier alpha value is -3.08. The van der Waals surface area contributed by atoms with E-state index in [2.05, 4.69) is 4.98 Å². The van der Waals surface area contributed by atoms with Crippen LogP contribution in [-0.2, 0) is 0 Å². The number of fused-ring (bicyclic) bond motifs is 1. The molecule has 0 spiro atoms. The van der Waals surface area contributed by atoms with Crippen LogP contribution in [0.4, 0.5) is 5.69 Å². The third kappa shape index (κ3) is 2.49. The molecule has 5 nitrogen and oxygen atoms in total. The first kappa shape index (κ1) is 12.9. The zero-order valence-corrected chi connectivity index (χ0v) is 11.0. The van der Waals surface area contributed by atoms with Crippen LogP contribution in [0.5, 0.6) is 11.5 Å². The molecule has 5 heteroatoms. The van der Waals surface area contributed by atoms with E-state index < -0.39 is 5.97 Å². The highest BCUT2D eigenvalue weighted by atomic mass is 16.5. The molecule has 21 heavy (non-hydrogen) atoms. The Labute approximate surface area is 120 Å². The van der Waals surface area contributed by atoms with E-state index in [-0.39, 0.29) is 5.56 Å². The molecule has 0 radical (unpaired) electrons. The van der Waals surface area contributed by atoms with Gasteiger partial charge in [0, 0.05) is 11.6 Å². The first-order valence-electron chi connectivity index (χ1n) is 6.29. The van der Waals surface area contributed by atoms with E-state index in [1.54, 1.807) is 12.3 Å². The van der Waals surface area contributed by atoms with Gasteiger partial charge in [-0.2, -0.15) is 0 Å². The fraction of sp³-hybridized carbons (Fsp3) is 0. The van der Waals surface area contributed by atoms with Crippen molar-refractivity contribution in [2.24, 2.45) is 0 Å². The maximum absolute atomic E-state index is 11.0. The van der Waals surface area contributed by atoms with Gasteiger partial charge in [0.2, 0.25) is 0 Å². The first-order valence-corrected chi connectivity index (χ1v) is 6.29. The molecular weight excluding hydrogens is 268 g/mol. The van der Waals surface area contributed by atoms with E-state index in [0.717, 1.165) is 10.9 Å². The predicted molar refractivity (Wildman–Crippen MR) is 79.6 cm³/mol. The molecule has 0 aliphatic rings. The predicted octanol–water partition coefficient (Wildman–Crippen LogP) is 3.31. The van der Waals surface area contributed by atoms with Gasteiger partial charge in [-0.05, 0) is 42.5 Å². The molecule has 0 bridgehead atoms. The third-order valence-electron chi connectivity index (χ3n) is 3.09. The maximum Gasteiger partial charge on any atom is 0.335 e. The van der Waals surface area contributed by atoms with Crippen LogP contribution in [0.15, 0.2) is 54.7 Å². The number of carbonyl (C=O) groups is 1. The standard InChI is InChI=1S/C16H12N2O3/c17-12-7-6-10(16(19)20)9-15(12)21-14-5-1-4-13-11(14)3-2-8-18-13/h1-9H,17H2,(H,19,20). The summed E-state index contributed by atoms with van der Waals surface area (Å²) in [6.45, 7) is 0. The summed E-state index contributed by atoms with van der Waals surface area (Å²) in [6, 6.07) is 13.5. The van der Waals surface area contributed by atoms with Crippen molar-refractivity contribution in [3.05, 3.63) is 60.3 Å². The van der Waals surface area contributed by atoms with E-state index in [9.17, 15) is 4.79 Å². The lowest BCUT2D eigenvalue weighted by molar-refractivity contribution is 0.0696. The largest absolute Gasteiger partial charge is 0.478 e. The van der Waals surface area contributed by atoms with Crippen molar-refractivity contribution in [1.29, 1.82) is 0 Å². The zero-order chi connectivity index (χ0) is 14.8. The number of carboxylic acids is 1. The number of ether oxygens (including phenoxy) is 1. The molecule has 0 saturated carbocycles. The van der Waals surface area contributed by atoms with Crippen LogP contribution < -0.4 is 10.5 Å². The van der Waals surface area contributed by atoms with Crippen LogP contribution in [0.25, 0.3) is 10.9 Å². The van der Waals surface area contributed by atoms with Gasteiger partial charge in [-0.15, -0.1) is 0 Å². The fourth-order valence-electron chi connectivity index (χ4n) is 2.04. The fourth-order valence-corrected chi connectivity index (χ4v) is 2.04. The molecule has 0 unspecified atom stereocenters. The number of hydrogen-bond donors (Lipinski definition) is 2. The monoisotopic (exact) mass is 280 g/mol. The summed E-state index contributed by atoms with van der Waals surface area (Å²) in [5.74, 6) is -0.138. The van der Waals surface area contributed by atoms with E-state index in [0.29, 0.717) is 17.2 Å². The molecule has 3 rings (SSSR count). The SMILES string of the molecule is Nc1ccc(C(=O)O)cc1Oc1cccc2ncccc12. The Morgan fingerprint density at radius 2 is 1.95 bits per heavy atom. The molecule has 1 heterocycles. The van der Waals surface area contributed by atoms with Crippen LogP contribution in [0, 0.1) is 0 Å². The van der Waals surface area contributed by atoms with E-state index in [4.69, 9.17) is 15.6 Å². The quantitative estimate of drug-likeness (QED) is 0.719. The molecule has 0 saturated heterocycles. The van der Waals surface area contributed by atoms with Gasteiger partial charge in [0.15, 0.2) is 5.75 Å². The number of benzene rings is 2. The second-order valence-corrected chi connectivity index (χ2v) is 4.49. The van der Waals surface area contributed by atoms with Crippen molar-refractivity contribution in [2.45, 2.75) is 0 Å². The van der Waals surface area contributed by atoms with Gasteiger partial charge < -0.3 is 15.6 Å². The molecule has 0 amide bonds. The van der Waals surface area contributed by atoms with Crippen LogP contribution in [-0.4, -0.2) is 16.1 Å². The van der Waals surface area contributed by atoms with Gasteiger partial charge in [0.1, 0.15) is 5.75 Å². The molecule has 3 N–H and O–H groups in total. The summed E-state index contributed by atoms with van der Waals surface area (Å²) in [7, 11) is 0. The average Bonchev–Trinajstić information content (AvgIpc) is 2.49. The molecule has 3 aromatic rings. The maximum atomic E-state index is 11.0. The third-order valence-corrected chi connectivity index (χ3v) is 3.09. The second kappa shape index (κ2) is 5.13. The van der Waals surface area contributed by atoms with Crippen molar-refractivity contribution in [1.82, 2.24) is 4.98 Å². The lowest BCUT2D eigenvalue weighted by Gasteiger charge is -2.11. The van der Waals surface area contributed by atoms with Gasteiger partial charge in [0.25, 0.3) is 0 Å². The van der Waals surface area contributed by atoms with Crippen molar-refractivity contribution < 1.29 is 14.6 Å². The number of hydrogen-bond acceptors (Lipinski definition) is 4. The Balaban J connectivity index is 2.06. The number of nitrogen functional groups attached to an aromatic ring is 1. The lowest BCUT2D eigenvalue weighted by Crippen LogP contribution is -1.99. The lowest BCUT2D eigenvalue weighted by atomic mass is 10.2. The van der Waals surface area contributed by atoms with Gasteiger partial charge in [0.05, 0.1) is 16.8 Å². The number of aromatic nitrogens is 1. The Bertz CT molecular complexity index is 825. The number of aromatic carboxylic acids is 1. The summed E-state index contributed by atoms with van der Waals surface area (Å²) < 4.78 is 5.78. The van der Waals surface area contributed by atoms with Gasteiger partial charge in [-0.1, -0.05) is 6.07 Å². The number of rotatable bonds is 3. The van der Waals surface area contributed by atoms with Crippen LogP contribution >= 0.6 is 0 Å². The molecule has 0 fully saturated rings. The number of anilines is 1. The second-order valence-electron chi connectivity index (χ2n) is 4.49. The number of nitrogens with two attached hydrogens (primary N) is 1. The average molecular weight is 280 g/mol. The molecule has 104 valence electrons. The minimum absolute atomic E-state index is 0.123. The number of pyridine rings is 1. The summed E-state index contributed by atoms with van der Waals surface area (Å²) in [4.78, 5) is 15.3. The van der Waals surface area contributed by atoms with Crippen molar-refractivity contribution >= 4 is 22.6 Å². The van der Waals surface area contributed by atoms with Crippen molar-refractivity contribution in [3.63, 3.8) is 0 Å². The molecule has 1 aromatic heterocycles. The van der Waals surface area contributed by atoms with Crippen molar-refractivity contribution in [2.75, 3.05) is 5.73 Å². The Morgan fingerprint density at radius 1 is 1.10 bits per heavy atom.